The minimum atomic E-state index is -0.827. The van der Waals surface area contributed by atoms with Crippen LogP contribution in [0.4, 0.5) is 0 Å². The van der Waals surface area contributed by atoms with Gasteiger partial charge >= 0.3 is 0 Å². The fraction of sp³-hybridized carbons (Fsp3) is 0.462. The van der Waals surface area contributed by atoms with Gasteiger partial charge in [0.05, 0.1) is 12.1 Å². The van der Waals surface area contributed by atoms with Crippen LogP contribution >= 0.6 is 0 Å². The topological polar surface area (TPSA) is 60.8 Å². The number of rotatable bonds is 1. The Bertz CT molecular complexity index is 434. The fourth-order valence-electron chi connectivity index (χ4n) is 3.01. The van der Waals surface area contributed by atoms with Crippen LogP contribution in [-0.4, -0.2) is 45.8 Å². The van der Waals surface area contributed by atoms with Crippen molar-refractivity contribution in [3.05, 3.63) is 35.9 Å². The molecular weight excluding hydrogens is 218 g/mol. The molecule has 2 aliphatic rings. The highest BCUT2D eigenvalue weighted by Crippen LogP contribution is 2.40. The molecular formula is C13H15NO3. The average molecular weight is 233 g/mol. The minimum absolute atomic E-state index is 0.00384. The van der Waals surface area contributed by atoms with E-state index in [-0.39, 0.29) is 24.4 Å². The molecule has 2 fully saturated rings. The molecule has 0 saturated carbocycles. The predicted octanol–water partition coefficient (Wildman–Crippen LogP) is 0.107. The van der Waals surface area contributed by atoms with Crippen molar-refractivity contribution in [1.82, 2.24) is 4.90 Å². The van der Waals surface area contributed by atoms with Crippen molar-refractivity contribution in [1.29, 1.82) is 0 Å². The molecule has 0 unspecified atom stereocenters. The lowest BCUT2D eigenvalue weighted by molar-refractivity contribution is -0.128. The molecule has 4 atom stereocenters. The van der Waals surface area contributed by atoms with Crippen LogP contribution < -0.4 is 0 Å². The summed E-state index contributed by atoms with van der Waals surface area (Å²) >= 11 is 0. The van der Waals surface area contributed by atoms with Crippen LogP contribution in [0.25, 0.3) is 0 Å². The summed E-state index contributed by atoms with van der Waals surface area (Å²) in [6, 6.07) is 9.47. The Morgan fingerprint density at radius 3 is 2.59 bits per heavy atom. The maximum absolute atomic E-state index is 11.8. The van der Waals surface area contributed by atoms with Crippen LogP contribution in [0.2, 0.25) is 0 Å². The van der Waals surface area contributed by atoms with E-state index in [0.717, 1.165) is 5.56 Å². The van der Waals surface area contributed by atoms with Gasteiger partial charge in [-0.1, -0.05) is 30.3 Å². The van der Waals surface area contributed by atoms with Crippen molar-refractivity contribution in [2.45, 2.75) is 30.6 Å². The summed E-state index contributed by atoms with van der Waals surface area (Å²) in [5.41, 5.74) is 1.06. The molecule has 1 aromatic rings. The van der Waals surface area contributed by atoms with Gasteiger partial charge in [-0.15, -0.1) is 0 Å². The normalized spacial score (nSPS) is 36.4. The molecule has 2 aliphatic heterocycles. The van der Waals surface area contributed by atoms with Gasteiger partial charge in [0.25, 0.3) is 0 Å². The summed E-state index contributed by atoms with van der Waals surface area (Å²) in [4.78, 5) is 13.5. The maximum Gasteiger partial charge on any atom is 0.223 e. The Morgan fingerprint density at radius 1 is 1.18 bits per heavy atom. The van der Waals surface area contributed by atoms with E-state index >= 15 is 0 Å². The Kier molecular flexibility index (Phi) is 2.42. The lowest BCUT2D eigenvalue weighted by Gasteiger charge is -2.23. The van der Waals surface area contributed by atoms with E-state index in [4.69, 9.17) is 0 Å². The zero-order chi connectivity index (χ0) is 12.0. The van der Waals surface area contributed by atoms with Gasteiger partial charge < -0.3 is 15.1 Å². The van der Waals surface area contributed by atoms with Crippen molar-refractivity contribution >= 4 is 5.91 Å². The highest BCUT2D eigenvalue weighted by atomic mass is 16.3. The number of amides is 1. The van der Waals surface area contributed by atoms with E-state index in [2.05, 4.69) is 0 Å². The van der Waals surface area contributed by atoms with Gasteiger partial charge in [-0.3, -0.25) is 4.79 Å². The van der Waals surface area contributed by atoms with E-state index in [1.165, 1.54) is 0 Å². The molecule has 3 rings (SSSR count). The van der Waals surface area contributed by atoms with Crippen LogP contribution in [-0.2, 0) is 4.79 Å². The molecule has 4 heteroatoms. The zero-order valence-corrected chi connectivity index (χ0v) is 9.36. The molecule has 2 N–H and O–H groups in total. The first-order valence-electron chi connectivity index (χ1n) is 5.89. The first-order valence-corrected chi connectivity index (χ1v) is 5.89. The van der Waals surface area contributed by atoms with Gasteiger partial charge in [0.15, 0.2) is 0 Å². The minimum Gasteiger partial charge on any atom is -0.388 e. The monoisotopic (exact) mass is 233 g/mol. The Hall–Kier alpha value is -1.39. The molecule has 90 valence electrons. The van der Waals surface area contributed by atoms with Crippen molar-refractivity contribution in [3.8, 4) is 0 Å². The molecule has 4 nitrogen and oxygen atoms in total. The number of fused-ring (bicyclic) bond motifs is 1. The van der Waals surface area contributed by atoms with E-state index in [1.807, 2.05) is 30.3 Å². The van der Waals surface area contributed by atoms with Gasteiger partial charge in [-0.2, -0.15) is 0 Å². The average Bonchev–Trinajstić information content (AvgIpc) is 2.81. The second kappa shape index (κ2) is 3.82. The molecule has 0 radical (unpaired) electrons. The number of carbonyl (C=O) groups excluding carboxylic acids is 1. The number of aliphatic hydroxyl groups is 2. The zero-order valence-electron chi connectivity index (χ0n) is 9.36. The quantitative estimate of drug-likeness (QED) is 0.723. The summed E-state index contributed by atoms with van der Waals surface area (Å²) in [7, 11) is 0. The predicted molar refractivity (Wildman–Crippen MR) is 61.3 cm³/mol. The van der Waals surface area contributed by atoms with E-state index < -0.39 is 12.2 Å². The molecule has 1 aromatic carbocycles. The Morgan fingerprint density at radius 2 is 1.88 bits per heavy atom. The number of aliphatic hydroxyl groups excluding tert-OH is 2. The standard InChI is InChI=1S/C13H15NO3/c15-10-7-14-11(16)6-9(12(14)13(10)17)8-4-2-1-3-5-8/h1-5,9-10,12-13,15,17H,6-7H2/t9-,10+,12+,13-/m1/s1. The summed E-state index contributed by atoms with van der Waals surface area (Å²) in [6.07, 6.45) is -1.21. The summed E-state index contributed by atoms with van der Waals surface area (Å²) < 4.78 is 0. The van der Waals surface area contributed by atoms with E-state index in [0.29, 0.717) is 6.42 Å². The van der Waals surface area contributed by atoms with Crippen molar-refractivity contribution in [2.24, 2.45) is 0 Å². The maximum atomic E-state index is 11.8. The van der Waals surface area contributed by atoms with Crippen molar-refractivity contribution in [2.75, 3.05) is 6.54 Å². The van der Waals surface area contributed by atoms with Gasteiger partial charge in [-0.25, -0.2) is 0 Å². The van der Waals surface area contributed by atoms with Crippen LogP contribution in [0.3, 0.4) is 0 Å². The lowest BCUT2D eigenvalue weighted by atomic mass is 9.89. The SMILES string of the molecule is O=C1C[C@H](c2ccccc2)[C@H]2[C@H](O)[C@@H](O)CN12. The molecule has 2 saturated heterocycles. The second-order valence-corrected chi connectivity index (χ2v) is 4.82. The van der Waals surface area contributed by atoms with Crippen LogP contribution in [0.1, 0.15) is 17.9 Å². The lowest BCUT2D eigenvalue weighted by Crippen LogP contribution is -2.35. The third-order valence-corrected chi connectivity index (χ3v) is 3.84. The molecule has 17 heavy (non-hydrogen) atoms. The summed E-state index contributed by atoms with van der Waals surface area (Å²) in [5, 5.41) is 19.6. The van der Waals surface area contributed by atoms with E-state index in [1.54, 1.807) is 4.90 Å². The number of carbonyl (C=O) groups is 1. The van der Waals surface area contributed by atoms with Gasteiger partial charge in [0, 0.05) is 18.9 Å². The first kappa shape index (κ1) is 10.7. The highest BCUT2D eigenvalue weighted by Gasteiger charge is 2.51. The fourth-order valence-corrected chi connectivity index (χ4v) is 3.01. The highest BCUT2D eigenvalue weighted by molar-refractivity contribution is 5.81. The number of nitrogens with zero attached hydrogens (tertiary/aromatic N) is 1. The molecule has 0 aromatic heterocycles. The van der Waals surface area contributed by atoms with Gasteiger partial charge in [0.2, 0.25) is 5.91 Å². The number of benzene rings is 1. The molecule has 0 bridgehead atoms. The third-order valence-electron chi connectivity index (χ3n) is 3.84. The smallest absolute Gasteiger partial charge is 0.223 e. The summed E-state index contributed by atoms with van der Waals surface area (Å²) in [6.45, 7) is 0.258. The number of hydrogen-bond donors (Lipinski definition) is 2. The molecule has 0 aliphatic carbocycles. The van der Waals surface area contributed by atoms with Crippen LogP contribution in [0.5, 0.6) is 0 Å². The Labute approximate surface area is 99.5 Å². The first-order chi connectivity index (χ1) is 8.18. The summed E-state index contributed by atoms with van der Waals surface area (Å²) in [5.74, 6) is 0.0234. The van der Waals surface area contributed by atoms with Gasteiger partial charge in [0.1, 0.15) is 6.10 Å². The van der Waals surface area contributed by atoms with Gasteiger partial charge in [-0.05, 0) is 5.56 Å². The third kappa shape index (κ3) is 1.56. The van der Waals surface area contributed by atoms with Crippen LogP contribution in [0, 0.1) is 0 Å². The van der Waals surface area contributed by atoms with Crippen molar-refractivity contribution < 1.29 is 15.0 Å². The van der Waals surface area contributed by atoms with Crippen molar-refractivity contribution in [3.63, 3.8) is 0 Å². The Balaban J connectivity index is 1.95. The molecule has 0 spiro atoms. The van der Waals surface area contributed by atoms with E-state index in [9.17, 15) is 15.0 Å². The molecule has 2 heterocycles. The largest absolute Gasteiger partial charge is 0.388 e. The number of hydrogen-bond acceptors (Lipinski definition) is 3. The molecule has 1 amide bonds. The van der Waals surface area contributed by atoms with Crippen LogP contribution in [0.15, 0.2) is 30.3 Å². The second-order valence-electron chi connectivity index (χ2n) is 4.82.